The molecular formula is C89H173NO5. The smallest absolute Gasteiger partial charge is 0.305 e. The summed E-state index contributed by atoms with van der Waals surface area (Å²) in [4.78, 5) is 24.7. The van der Waals surface area contributed by atoms with Gasteiger partial charge in [0.2, 0.25) is 5.91 Å². The summed E-state index contributed by atoms with van der Waals surface area (Å²) in [6.07, 6.45) is 111. The lowest BCUT2D eigenvalue weighted by Crippen LogP contribution is -2.45. The number of allylic oxidation sites excluding steroid dienone is 3. The van der Waals surface area contributed by atoms with Crippen molar-refractivity contribution in [1.82, 2.24) is 5.32 Å². The molecule has 0 fully saturated rings. The molecule has 0 aliphatic carbocycles. The molecule has 0 rings (SSSR count). The van der Waals surface area contributed by atoms with Crippen LogP contribution in [0, 0.1) is 0 Å². The van der Waals surface area contributed by atoms with Gasteiger partial charge < -0.3 is 20.3 Å². The predicted molar refractivity (Wildman–Crippen MR) is 421 cm³/mol. The number of unbranched alkanes of at least 4 members (excludes halogenated alkanes) is 71. The molecule has 0 spiro atoms. The number of aliphatic hydroxyl groups excluding tert-OH is 2. The Bertz CT molecular complexity index is 1500. The molecule has 0 saturated heterocycles. The lowest BCUT2D eigenvalue weighted by molar-refractivity contribution is -0.143. The van der Waals surface area contributed by atoms with Crippen molar-refractivity contribution in [3.05, 3.63) is 24.3 Å². The standard InChI is InChI=1S/C89H173NO5/c1-3-5-7-9-11-13-15-17-19-21-23-24-25-37-40-43-46-49-53-57-61-65-69-73-77-81-87(92)86(85-91)90-88(93)82-78-74-70-66-62-58-54-50-47-44-41-38-35-33-31-29-27-26-28-30-32-34-36-39-42-45-48-52-56-60-64-68-72-76-80-84-95-89(94)83-79-75-71-67-63-59-55-51-22-20-18-16-14-12-10-8-6-4-2/h20,22,77,81,86-87,91-92H,3-19,21,23-76,78-80,82-85H2,1-2H3,(H,90,93)/b22-20-,81-77+. The zero-order chi connectivity index (χ0) is 68.4. The summed E-state index contributed by atoms with van der Waals surface area (Å²) in [7, 11) is 0. The fourth-order valence-corrected chi connectivity index (χ4v) is 14.3. The van der Waals surface area contributed by atoms with Gasteiger partial charge in [0.15, 0.2) is 0 Å². The van der Waals surface area contributed by atoms with Gasteiger partial charge in [-0.1, -0.05) is 462 Å². The Hall–Kier alpha value is -1.66. The zero-order valence-electron chi connectivity index (χ0n) is 64.9. The highest BCUT2D eigenvalue weighted by atomic mass is 16.5. The van der Waals surface area contributed by atoms with Gasteiger partial charge in [-0.05, 0) is 57.8 Å². The van der Waals surface area contributed by atoms with E-state index in [1.54, 1.807) is 6.08 Å². The van der Waals surface area contributed by atoms with Gasteiger partial charge in [0.25, 0.3) is 0 Å². The van der Waals surface area contributed by atoms with Gasteiger partial charge in [-0.25, -0.2) is 0 Å². The van der Waals surface area contributed by atoms with E-state index in [9.17, 15) is 19.8 Å². The topological polar surface area (TPSA) is 95.9 Å². The molecule has 0 bridgehead atoms. The van der Waals surface area contributed by atoms with Gasteiger partial charge in [-0.3, -0.25) is 9.59 Å². The summed E-state index contributed by atoms with van der Waals surface area (Å²) in [5.74, 6) is -0.0358. The number of aliphatic hydroxyl groups is 2. The first kappa shape index (κ1) is 93.3. The van der Waals surface area contributed by atoms with Crippen molar-refractivity contribution in [1.29, 1.82) is 0 Å². The minimum absolute atomic E-state index is 0.0208. The van der Waals surface area contributed by atoms with Crippen LogP contribution in [0.5, 0.6) is 0 Å². The average Bonchev–Trinajstić information content (AvgIpc) is 3.31. The maximum absolute atomic E-state index is 12.6. The summed E-state index contributed by atoms with van der Waals surface area (Å²) in [5.41, 5.74) is 0. The second-order valence-corrected chi connectivity index (χ2v) is 30.6. The molecule has 0 heterocycles. The Kier molecular flexibility index (Phi) is 83.3. The normalized spacial score (nSPS) is 12.5. The van der Waals surface area contributed by atoms with Crippen molar-refractivity contribution >= 4 is 11.9 Å². The van der Waals surface area contributed by atoms with E-state index in [0.29, 0.717) is 19.4 Å². The predicted octanol–water partition coefficient (Wildman–Crippen LogP) is 29.6. The van der Waals surface area contributed by atoms with Gasteiger partial charge >= 0.3 is 5.97 Å². The quantitative estimate of drug-likeness (QED) is 0.0320. The third-order valence-corrected chi connectivity index (χ3v) is 21.0. The van der Waals surface area contributed by atoms with Crippen LogP contribution in [0.1, 0.15) is 508 Å². The van der Waals surface area contributed by atoms with Crippen LogP contribution < -0.4 is 5.32 Å². The van der Waals surface area contributed by atoms with E-state index in [1.807, 2.05) is 6.08 Å². The van der Waals surface area contributed by atoms with Crippen LogP contribution in [-0.2, 0) is 14.3 Å². The van der Waals surface area contributed by atoms with E-state index in [-0.39, 0.29) is 18.5 Å². The van der Waals surface area contributed by atoms with Crippen molar-refractivity contribution in [3.8, 4) is 0 Å². The highest BCUT2D eigenvalue weighted by Gasteiger charge is 2.18. The Morgan fingerprint density at radius 3 is 0.747 bits per heavy atom. The third-order valence-electron chi connectivity index (χ3n) is 21.0. The minimum atomic E-state index is -0.842. The number of hydrogen-bond acceptors (Lipinski definition) is 5. The lowest BCUT2D eigenvalue weighted by Gasteiger charge is -2.20. The van der Waals surface area contributed by atoms with Crippen molar-refractivity contribution in [3.63, 3.8) is 0 Å². The lowest BCUT2D eigenvalue weighted by atomic mass is 10.0. The summed E-state index contributed by atoms with van der Waals surface area (Å²) < 4.78 is 5.52. The molecule has 3 N–H and O–H groups in total. The molecule has 6 nitrogen and oxygen atoms in total. The van der Waals surface area contributed by atoms with Gasteiger partial charge in [-0.15, -0.1) is 0 Å². The van der Waals surface area contributed by atoms with Crippen molar-refractivity contribution < 1.29 is 24.5 Å². The molecule has 6 heteroatoms. The zero-order valence-corrected chi connectivity index (χ0v) is 64.9. The fourth-order valence-electron chi connectivity index (χ4n) is 14.3. The van der Waals surface area contributed by atoms with Crippen LogP contribution in [0.2, 0.25) is 0 Å². The molecule has 0 aromatic rings. The molecule has 1 amide bonds. The number of hydrogen-bond donors (Lipinski definition) is 3. The number of rotatable bonds is 84. The number of amides is 1. The van der Waals surface area contributed by atoms with E-state index in [4.69, 9.17) is 4.74 Å². The van der Waals surface area contributed by atoms with Crippen LogP contribution >= 0.6 is 0 Å². The Morgan fingerprint density at radius 2 is 0.495 bits per heavy atom. The maximum atomic E-state index is 12.6. The van der Waals surface area contributed by atoms with Crippen molar-refractivity contribution in [2.75, 3.05) is 13.2 Å². The summed E-state index contributed by atoms with van der Waals surface area (Å²) in [6, 6.07) is -0.625. The number of nitrogens with one attached hydrogen (secondary N) is 1. The molecule has 564 valence electrons. The van der Waals surface area contributed by atoms with E-state index in [0.717, 1.165) is 38.5 Å². The Balaban J connectivity index is 3.33. The number of ether oxygens (including phenoxy) is 1. The Morgan fingerprint density at radius 1 is 0.284 bits per heavy atom. The van der Waals surface area contributed by atoms with E-state index in [2.05, 4.69) is 31.3 Å². The van der Waals surface area contributed by atoms with Gasteiger partial charge in [0.1, 0.15) is 0 Å². The minimum Gasteiger partial charge on any atom is -0.466 e. The number of carbonyl (C=O) groups excluding carboxylic acids is 2. The highest BCUT2D eigenvalue weighted by molar-refractivity contribution is 5.76. The average molecular weight is 1340 g/mol. The third kappa shape index (κ3) is 81.2. The SMILES string of the molecule is CCCCCCCCC/C=C\CCCCCCCCCC(=O)OCCCCCCCCCCCCCCCCCCCCCCCCCCCCCCCCCCCCCC(=O)NC(CO)C(O)/C=C/CCCCCCCCCCCCCCCCCCCCCCCCC. The van der Waals surface area contributed by atoms with Crippen molar-refractivity contribution in [2.45, 2.75) is 520 Å². The van der Waals surface area contributed by atoms with Gasteiger partial charge in [0.05, 0.1) is 25.4 Å². The molecule has 0 aliphatic rings. The maximum Gasteiger partial charge on any atom is 0.305 e. The van der Waals surface area contributed by atoms with Gasteiger partial charge in [-0.2, -0.15) is 0 Å². The largest absolute Gasteiger partial charge is 0.466 e. The molecule has 2 atom stereocenters. The van der Waals surface area contributed by atoms with E-state index in [1.165, 1.54) is 443 Å². The first-order valence-corrected chi connectivity index (χ1v) is 44.1. The first-order valence-electron chi connectivity index (χ1n) is 44.1. The number of carbonyl (C=O) groups is 2. The van der Waals surface area contributed by atoms with E-state index < -0.39 is 12.1 Å². The van der Waals surface area contributed by atoms with Crippen LogP contribution in [0.15, 0.2) is 24.3 Å². The first-order chi connectivity index (χ1) is 47.0. The number of esters is 1. The molecule has 0 aromatic carbocycles. The highest BCUT2D eigenvalue weighted by Crippen LogP contribution is 2.21. The molecule has 2 unspecified atom stereocenters. The molecular weight excluding hydrogens is 1160 g/mol. The summed E-state index contributed by atoms with van der Waals surface area (Å²) in [5, 5.41) is 23.4. The van der Waals surface area contributed by atoms with Crippen LogP contribution in [-0.4, -0.2) is 47.4 Å². The Labute approximate surface area is 596 Å². The van der Waals surface area contributed by atoms with Gasteiger partial charge in [0, 0.05) is 12.8 Å². The fraction of sp³-hybridized carbons (Fsp3) is 0.933. The van der Waals surface area contributed by atoms with Crippen LogP contribution in [0.25, 0.3) is 0 Å². The molecule has 95 heavy (non-hydrogen) atoms. The van der Waals surface area contributed by atoms with E-state index >= 15 is 0 Å². The molecule has 0 aromatic heterocycles. The second kappa shape index (κ2) is 84.8. The second-order valence-electron chi connectivity index (χ2n) is 30.6. The van der Waals surface area contributed by atoms with Crippen LogP contribution in [0.3, 0.4) is 0 Å². The molecule has 0 aliphatic heterocycles. The molecule has 0 saturated carbocycles. The monoisotopic (exact) mass is 1340 g/mol. The molecule has 0 radical (unpaired) electrons. The summed E-state index contributed by atoms with van der Waals surface area (Å²) in [6.45, 7) is 4.97. The van der Waals surface area contributed by atoms with Crippen LogP contribution in [0.4, 0.5) is 0 Å². The summed E-state index contributed by atoms with van der Waals surface area (Å²) >= 11 is 0. The van der Waals surface area contributed by atoms with Crippen molar-refractivity contribution in [2.24, 2.45) is 0 Å².